The molecule has 1 heterocycles. The quantitative estimate of drug-likeness (QED) is 0.716. The van der Waals surface area contributed by atoms with Crippen LogP contribution < -0.4 is 5.32 Å². The smallest absolute Gasteiger partial charge is 0.319 e. The molecule has 0 aromatic carbocycles. The molecule has 1 atom stereocenters. The molecule has 1 aliphatic heterocycles. The van der Waals surface area contributed by atoms with E-state index in [2.05, 4.69) is 23.9 Å². The highest BCUT2D eigenvalue weighted by Crippen LogP contribution is 2.36. The zero-order chi connectivity index (χ0) is 11.7. The second kappa shape index (κ2) is 4.10. The third-order valence-electron chi connectivity index (χ3n) is 2.79. The Bertz CT molecular complexity index is 248. The fourth-order valence-electron chi connectivity index (χ4n) is 2.16. The maximum Gasteiger partial charge on any atom is 0.319 e. The van der Waals surface area contributed by atoms with Crippen LogP contribution >= 0.6 is 0 Å². The maximum atomic E-state index is 11.0. The zero-order valence-corrected chi connectivity index (χ0v) is 10.2. The van der Waals surface area contributed by atoms with E-state index in [4.69, 9.17) is 4.74 Å². The van der Waals surface area contributed by atoms with E-state index in [1.165, 1.54) is 7.11 Å². The van der Waals surface area contributed by atoms with Crippen molar-refractivity contribution in [3.05, 3.63) is 0 Å². The first kappa shape index (κ1) is 12.5. The van der Waals surface area contributed by atoms with E-state index in [0.29, 0.717) is 0 Å². The molecule has 0 amide bonds. The number of hydrogen-bond donors (Lipinski definition) is 1. The Balaban J connectivity index is 2.52. The molecule has 4 nitrogen and oxygen atoms in total. The molecule has 15 heavy (non-hydrogen) atoms. The van der Waals surface area contributed by atoms with Crippen LogP contribution in [0, 0.1) is 0 Å². The summed E-state index contributed by atoms with van der Waals surface area (Å²) in [5.41, 5.74) is -0.366. The highest BCUT2D eigenvalue weighted by atomic mass is 16.5. The predicted molar refractivity (Wildman–Crippen MR) is 57.7 cm³/mol. The Morgan fingerprint density at radius 2 is 2.07 bits per heavy atom. The molecule has 0 saturated carbocycles. The molecular weight excluding hydrogens is 194 g/mol. The van der Waals surface area contributed by atoms with Crippen LogP contribution in [0.15, 0.2) is 0 Å². The van der Waals surface area contributed by atoms with E-state index in [1.54, 1.807) is 0 Å². The Morgan fingerprint density at radius 3 is 2.47 bits per heavy atom. The topological polar surface area (TPSA) is 47.6 Å². The molecule has 1 rings (SSSR count). The Morgan fingerprint density at radius 1 is 1.47 bits per heavy atom. The Hall–Kier alpha value is -0.610. The van der Waals surface area contributed by atoms with Crippen molar-refractivity contribution in [3.63, 3.8) is 0 Å². The number of carbonyl (C=O) groups excluding carboxylic acids is 1. The van der Waals surface area contributed by atoms with E-state index in [1.807, 2.05) is 13.8 Å². The van der Waals surface area contributed by atoms with Crippen molar-refractivity contribution >= 4 is 5.97 Å². The fourth-order valence-corrected chi connectivity index (χ4v) is 2.16. The van der Waals surface area contributed by atoms with Gasteiger partial charge in [-0.15, -0.1) is 0 Å². The second-order valence-electron chi connectivity index (χ2n) is 5.18. The number of hydrogen-bond acceptors (Lipinski definition) is 4. The van der Waals surface area contributed by atoms with Gasteiger partial charge in [-0.05, 0) is 34.1 Å². The van der Waals surface area contributed by atoms with Crippen LogP contribution in [0.5, 0.6) is 0 Å². The first-order valence-corrected chi connectivity index (χ1v) is 5.27. The lowest BCUT2D eigenvalue weighted by molar-refractivity contribution is -0.139. The summed E-state index contributed by atoms with van der Waals surface area (Å²) < 4.78 is 10.5. The molecule has 1 fully saturated rings. The molecular formula is C11H21NO3. The molecule has 0 bridgehead atoms. The largest absolute Gasteiger partial charge is 0.468 e. The lowest BCUT2D eigenvalue weighted by Crippen LogP contribution is -2.45. The van der Waals surface area contributed by atoms with Crippen LogP contribution in [0.1, 0.15) is 34.1 Å². The van der Waals surface area contributed by atoms with Crippen molar-refractivity contribution < 1.29 is 14.3 Å². The molecule has 0 radical (unpaired) electrons. The van der Waals surface area contributed by atoms with Gasteiger partial charge in [-0.3, -0.25) is 4.79 Å². The molecule has 1 aliphatic rings. The van der Waals surface area contributed by atoms with Gasteiger partial charge in [-0.2, -0.15) is 0 Å². The number of rotatable bonds is 3. The van der Waals surface area contributed by atoms with Gasteiger partial charge >= 0.3 is 5.97 Å². The molecule has 0 spiro atoms. The standard InChI is InChI=1S/C11H21NO3/c1-10(2)6-8(11(3,4)15-10)12-7-9(13)14-5/h8,12H,6-7H2,1-5H3. The van der Waals surface area contributed by atoms with Gasteiger partial charge in [-0.25, -0.2) is 0 Å². The van der Waals surface area contributed by atoms with Crippen molar-refractivity contribution in [2.75, 3.05) is 13.7 Å². The van der Waals surface area contributed by atoms with E-state index in [0.717, 1.165) is 6.42 Å². The summed E-state index contributed by atoms with van der Waals surface area (Å²) >= 11 is 0. The number of nitrogens with one attached hydrogen (secondary N) is 1. The summed E-state index contributed by atoms with van der Waals surface area (Å²) in [4.78, 5) is 11.0. The van der Waals surface area contributed by atoms with Gasteiger partial charge in [0.2, 0.25) is 0 Å². The van der Waals surface area contributed by atoms with E-state index in [-0.39, 0.29) is 29.8 Å². The van der Waals surface area contributed by atoms with Gasteiger partial charge < -0.3 is 14.8 Å². The lowest BCUT2D eigenvalue weighted by atomic mass is 9.94. The van der Waals surface area contributed by atoms with Crippen LogP contribution in [0.3, 0.4) is 0 Å². The van der Waals surface area contributed by atoms with Crippen LogP contribution in [-0.4, -0.2) is 36.9 Å². The molecule has 1 unspecified atom stereocenters. The van der Waals surface area contributed by atoms with Gasteiger partial charge in [0.15, 0.2) is 0 Å². The number of methoxy groups -OCH3 is 1. The first-order valence-electron chi connectivity index (χ1n) is 5.27. The van der Waals surface area contributed by atoms with Gasteiger partial charge in [0.1, 0.15) is 0 Å². The maximum absolute atomic E-state index is 11.0. The summed E-state index contributed by atoms with van der Waals surface area (Å²) in [6.45, 7) is 8.45. The van der Waals surface area contributed by atoms with Crippen LogP contribution in [0.4, 0.5) is 0 Å². The second-order valence-corrected chi connectivity index (χ2v) is 5.18. The fraction of sp³-hybridized carbons (Fsp3) is 0.909. The van der Waals surface area contributed by atoms with Crippen molar-refractivity contribution in [1.29, 1.82) is 0 Å². The van der Waals surface area contributed by atoms with E-state index >= 15 is 0 Å². The monoisotopic (exact) mass is 215 g/mol. The highest BCUT2D eigenvalue weighted by Gasteiger charge is 2.45. The number of carbonyl (C=O) groups is 1. The third-order valence-corrected chi connectivity index (χ3v) is 2.79. The highest BCUT2D eigenvalue weighted by molar-refractivity contribution is 5.71. The lowest BCUT2D eigenvalue weighted by Gasteiger charge is -2.27. The molecule has 0 aromatic rings. The average molecular weight is 215 g/mol. The summed E-state index contributed by atoms with van der Waals surface area (Å²) in [5, 5.41) is 3.18. The van der Waals surface area contributed by atoms with Crippen molar-refractivity contribution in [2.45, 2.75) is 51.4 Å². The summed E-state index contributed by atoms with van der Waals surface area (Å²) in [6, 6.07) is 0.187. The van der Waals surface area contributed by atoms with Crippen molar-refractivity contribution in [3.8, 4) is 0 Å². The first-order chi connectivity index (χ1) is 6.77. The van der Waals surface area contributed by atoms with Crippen LogP contribution in [-0.2, 0) is 14.3 Å². The number of ether oxygens (including phenoxy) is 2. The van der Waals surface area contributed by atoms with Gasteiger partial charge in [0.05, 0.1) is 24.9 Å². The van der Waals surface area contributed by atoms with Crippen molar-refractivity contribution in [1.82, 2.24) is 5.32 Å². The average Bonchev–Trinajstić information content (AvgIpc) is 2.29. The molecule has 0 aromatic heterocycles. The van der Waals surface area contributed by atoms with Gasteiger partial charge in [0, 0.05) is 6.04 Å². The summed E-state index contributed by atoms with van der Waals surface area (Å²) in [6.07, 6.45) is 0.900. The normalized spacial score (nSPS) is 27.7. The third kappa shape index (κ3) is 3.18. The van der Waals surface area contributed by atoms with E-state index < -0.39 is 0 Å². The van der Waals surface area contributed by atoms with Gasteiger partial charge in [-0.1, -0.05) is 0 Å². The number of esters is 1. The molecule has 1 N–H and O–H groups in total. The Labute approximate surface area is 91.3 Å². The Kier molecular flexibility index (Phi) is 3.41. The SMILES string of the molecule is COC(=O)CNC1CC(C)(C)OC1(C)C. The van der Waals surface area contributed by atoms with Gasteiger partial charge in [0.25, 0.3) is 0 Å². The van der Waals surface area contributed by atoms with Crippen LogP contribution in [0.2, 0.25) is 0 Å². The molecule has 0 aliphatic carbocycles. The molecule has 4 heteroatoms. The minimum absolute atomic E-state index is 0.128. The van der Waals surface area contributed by atoms with Crippen molar-refractivity contribution in [2.24, 2.45) is 0 Å². The molecule has 88 valence electrons. The summed E-state index contributed by atoms with van der Waals surface area (Å²) in [5.74, 6) is -0.240. The van der Waals surface area contributed by atoms with E-state index in [9.17, 15) is 4.79 Å². The minimum Gasteiger partial charge on any atom is -0.468 e. The summed E-state index contributed by atoms with van der Waals surface area (Å²) in [7, 11) is 1.39. The van der Waals surface area contributed by atoms with Crippen LogP contribution in [0.25, 0.3) is 0 Å². The zero-order valence-electron chi connectivity index (χ0n) is 10.2. The predicted octanol–water partition coefficient (Wildman–Crippen LogP) is 1.10. The molecule has 1 saturated heterocycles. The minimum atomic E-state index is -0.240.